The summed E-state index contributed by atoms with van der Waals surface area (Å²) in [7, 11) is 0. The number of rotatable bonds is 5. The highest BCUT2D eigenvalue weighted by Crippen LogP contribution is 2.17. The largest absolute Gasteiger partial charge is 0.391 e. The number of aliphatic hydroxyl groups excluding tert-OH is 1. The minimum absolute atomic E-state index is 0.360. The molecule has 0 aromatic heterocycles. The van der Waals surface area contributed by atoms with Crippen molar-refractivity contribution in [2.45, 2.75) is 39.3 Å². The summed E-state index contributed by atoms with van der Waals surface area (Å²) in [6.07, 6.45) is 0.279. The first-order chi connectivity index (χ1) is 7.49. The molecule has 0 aliphatic rings. The second-order valence-corrected chi connectivity index (χ2v) is 4.91. The van der Waals surface area contributed by atoms with Crippen molar-refractivity contribution in [1.29, 1.82) is 0 Å². The fraction of sp³-hybridized carbons (Fsp3) is 0.538. The molecule has 1 atom stereocenters. The average molecular weight is 242 g/mol. The molecule has 0 aliphatic heterocycles. The third kappa shape index (κ3) is 4.52. The van der Waals surface area contributed by atoms with Gasteiger partial charge in [-0.05, 0) is 30.5 Å². The summed E-state index contributed by atoms with van der Waals surface area (Å²) in [4.78, 5) is 0. The second-order valence-electron chi connectivity index (χ2n) is 4.50. The smallest absolute Gasteiger partial charge is 0.0704 e. The molecule has 1 unspecified atom stereocenters. The zero-order valence-corrected chi connectivity index (χ0v) is 10.9. The lowest BCUT2D eigenvalue weighted by atomic mass is 10.1. The molecule has 0 aliphatic carbocycles. The monoisotopic (exact) mass is 241 g/mol. The van der Waals surface area contributed by atoms with Crippen LogP contribution in [0.3, 0.4) is 0 Å². The van der Waals surface area contributed by atoms with E-state index in [2.05, 4.69) is 19.2 Å². The van der Waals surface area contributed by atoms with Gasteiger partial charge in [-0.1, -0.05) is 37.6 Å². The topological polar surface area (TPSA) is 32.3 Å². The molecule has 0 radical (unpaired) electrons. The van der Waals surface area contributed by atoms with Gasteiger partial charge < -0.3 is 10.4 Å². The number of hydrogen-bond acceptors (Lipinski definition) is 2. The molecule has 0 fully saturated rings. The highest BCUT2D eigenvalue weighted by molar-refractivity contribution is 6.31. The Kier molecular flexibility index (Phi) is 5.26. The standard InChI is InChI=1S/C13H20ClNO/c1-9(2)15-8-12(16)6-11-5-4-10(3)13(14)7-11/h4-5,7,9,12,15-16H,6,8H2,1-3H3. The molecule has 0 bridgehead atoms. The number of aryl methyl sites for hydroxylation is 1. The normalized spacial score (nSPS) is 13.1. The fourth-order valence-electron chi connectivity index (χ4n) is 1.48. The van der Waals surface area contributed by atoms with Crippen LogP contribution in [0, 0.1) is 6.92 Å². The van der Waals surface area contributed by atoms with E-state index in [1.165, 1.54) is 0 Å². The van der Waals surface area contributed by atoms with Crippen LogP contribution in [0.5, 0.6) is 0 Å². The van der Waals surface area contributed by atoms with Crippen molar-refractivity contribution in [1.82, 2.24) is 5.32 Å². The zero-order valence-electron chi connectivity index (χ0n) is 10.1. The SMILES string of the molecule is Cc1ccc(CC(O)CNC(C)C)cc1Cl. The van der Waals surface area contributed by atoms with Gasteiger partial charge in [0.15, 0.2) is 0 Å². The molecule has 1 aromatic carbocycles. The molecular weight excluding hydrogens is 222 g/mol. The number of hydrogen-bond donors (Lipinski definition) is 2. The Balaban J connectivity index is 2.49. The molecule has 2 nitrogen and oxygen atoms in total. The molecule has 0 spiro atoms. The zero-order chi connectivity index (χ0) is 12.1. The molecular formula is C13H20ClNO. The van der Waals surface area contributed by atoms with Crippen LogP contribution in [0.25, 0.3) is 0 Å². The van der Waals surface area contributed by atoms with Crippen LogP contribution < -0.4 is 5.32 Å². The lowest BCUT2D eigenvalue weighted by Gasteiger charge is -2.14. The summed E-state index contributed by atoms with van der Waals surface area (Å²) in [5, 5.41) is 13.8. The van der Waals surface area contributed by atoms with Crippen molar-refractivity contribution in [3.63, 3.8) is 0 Å². The molecule has 1 rings (SSSR count). The van der Waals surface area contributed by atoms with Gasteiger partial charge >= 0.3 is 0 Å². The third-order valence-electron chi connectivity index (χ3n) is 2.47. The van der Waals surface area contributed by atoms with Crippen LogP contribution in [-0.2, 0) is 6.42 Å². The van der Waals surface area contributed by atoms with Gasteiger partial charge in [-0.2, -0.15) is 0 Å². The molecule has 3 heteroatoms. The maximum Gasteiger partial charge on any atom is 0.0704 e. The van der Waals surface area contributed by atoms with Crippen LogP contribution in [0.4, 0.5) is 0 Å². The number of nitrogens with one attached hydrogen (secondary N) is 1. The quantitative estimate of drug-likeness (QED) is 0.831. The van der Waals surface area contributed by atoms with Crippen LogP contribution in [0.1, 0.15) is 25.0 Å². The Hall–Kier alpha value is -0.570. The van der Waals surface area contributed by atoms with Crippen LogP contribution in [0.2, 0.25) is 5.02 Å². The fourth-order valence-corrected chi connectivity index (χ4v) is 1.68. The van der Waals surface area contributed by atoms with Gasteiger partial charge in [0.25, 0.3) is 0 Å². The van der Waals surface area contributed by atoms with E-state index in [9.17, 15) is 5.11 Å². The lowest BCUT2D eigenvalue weighted by Crippen LogP contribution is -2.33. The van der Waals surface area contributed by atoms with Crippen LogP contribution in [-0.4, -0.2) is 23.8 Å². The maximum atomic E-state index is 9.81. The van der Waals surface area contributed by atoms with Gasteiger partial charge in [0.05, 0.1) is 6.10 Å². The van der Waals surface area contributed by atoms with Crippen LogP contribution >= 0.6 is 11.6 Å². The Labute approximate surface area is 103 Å². The van der Waals surface area contributed by atoms with Gasteiger partial charge in [0.1, 0.15) is 0 Å². The molecule has 2 N–H and O–H groups in total. The highest BCUT2D eigenvalue weighted by atomic mass is 35.5. The molecule has 90 valence electrons. The van der Waals surface area contributed by atoms with E-state index in [1.54, 1.807) is 0 Å². The Morgan fingerprint density at radius 2 is 2.06 bits per heavy atom. The Morgan fingerprint density at radius 1 is 1.38 bits per heavy atom. The third-order valence-corrected chi connectivity index (χ3v) is 2.88. The predicted molar refractivity (Wildman–Crippen MR) is 69.0 cm³/mol. The van der Waals surface area contributed by atoms with Crippen molar-refractivity contribution in [2.75, 3.05) is 6.54 Å². The molecule has 0 saturated carbocycles. The molecule has 1 aromatic rings. The van der Waals surface area contributed by atoms with Crippen molar-refractivity contribution in [2.24, 2.45) is 0 Å². The molecule has 16 heavy (non-hydrogen) atoms. The van der Waals surface area contributed by atoms with Crippen molar-refractivity contribution < 1.29 is 5.11 Å². The summed E-state index contributed by atoms with van der Waals surface area (Å²) in [6, 6.07) is 6.33. The van der Waals surface area contributed by atoms with Gasteiger partial charge in [-0.25, -0.2) is 0 Å². The first-order valence-corrected chi connectivity index (χ1v) is 6.03. The Bertz CT molecular complexity index is 339. The van der Waals surface area contributed by atoms with E-state index in [1.807, 2.05) is 25.1 Å². The number of halogens is 1. The van der Waals surface area contributed by atoms with Crippen LogP contribution in [0.15, 0.2) is 18.2 Å². The summed E-state index contributed by atoms with van der Waals surface area (Å²) >= 11 is 6.03. The van der Waals surface area contributed by atoms with Gasteiger partial charge in [0, 0.05) is 17.6 Å². The molecule has 0 amide bonds. The first kappa shape index (κ1) is 13.5. The summed E-state index contributed by atoms with van der Waals surface area (Å²) < 4.78 is 0. The average Bonchev–Trinajstić information content (AvgIpc) is 2.21. The number of benzene rings is 1. The van der Waals surface area contributed by atoms with E-state index < -0.39 is 0 Å². The lowest BCUT2D eigenvalue weighted by molar-refractivity contribution is 0.169. The van der Waals surface area contributed by atoms with Gasteiger partial charge in [-0.15, -0.1) is 0 Å². The Morgan fingerprint density at radius 3 is 2.62 bits per heavy atom. The molecule has 0 heterocycles. The van der Waals surface area contributed by atoms with E-state index in [4.69, 9.17) is 11.6 Å². The molecule has 0 saturated heterocycles. The number of aliphatic hydroxyl groups is 1. The van der Waals surface area contributed by atoms with E-state index in [-0.39, 0.29) is 6.10 Å². The highest BCUT2D eigenvalue weighted by Gasteiger charge is 2.07. The van der Waals surface area contributed by atoms with Gasteiger partial charge in [0.2, 0.25) is 0 Å². The van der Waals surface area contributed by atoms with Gasteiger partial charge in [-0.3, -0.25) is 0 Å². The summed E-state index contributed by atoms with van der Waals surface area (Å²) in [5.74, 6) is 0. The predicted octanol–water partition coefficient (Wildman–Crippen LogP) is 2.55. The van der Waals surface area contributed by atoms with Crippen molar-refractivity contribution in [3.8, 4) is 0 Å². The van der Waals surface area contributed by atoms with E-state index in [0.717, 1.165) is 16.1 Å². The van der Waals surface area contributed by atoms with Crippen molar-refractivity contribution in [3.05, 3.63) is 34.3 Å². The summed E-state index contributed by atoms with van der Waals surface area (Å²) in [5.41, 5.74) is 2.15. The van der Waals surface area contributed by atoms with E-state index in [0.29, 0.717) is 19.0 Å². The summed E-state index contributed by atoms with van der Waals surface area (Å²) in [6.45, 7) is 6.72. The van der Waals surface area contributed by atoms with Crippen molar-refractivity contribution >= 4 is 11.6 Å². The maximum absolute atomic E-state index is 9.81. The second kappa shape index (κ2) is 6.24. The minimum atomic E-state index is -0.360. The first-order valence-electron chi connectivity index (χ1n) is 5.65. The minimum Gasteiger partial charge on any atom is -0.391 e. The van der Waals surface area contributed by atoms with E-state index >= 15 is 0 Å².